The maximum atomic E-state index is 9.33. The molecule has 1 N–H and O–H groups in total. The van der Waals surface area contributed by atoms with Crippen molar-refractivity contribution in [3.05, 3.63) is 73.6 Å². The number of ether oxygens (including phenoxy) is 1. The standard InChI is InChI=1S/C19H16N2O2/c1-2-11-23-18-9-5-15(6-10-18)19-20-12-16(13-21-19)14-3-7-17(22)8-4-14/h2-10,12-13,22H,1,11H2. The Balaban J connectivity index is 1.79. The summed E-state index contributed by atoms with van der Waals surface area (Å²) in [5, 5.41) is 9.33. The van der Waals surface area contributed by atoms with E-state index >= 15 is 0 Å². The molecule has 0 unspecified atom stereocenters. The minimum absolute atomic E-state index is 0.241. The number of hydrogen-bond acceptors (Lipinski definition) is 4. The molecule has 3 rings (SSSR count). The van der Waals surface area contributed by atoms with Crippen molar-refractivity contribution in [2.24, 2.45) is 0 Å². The van der Waals surface area contributed by atoms with Gasteiger partial charge < -0.3 is 9.84 Å². The second-order valence-electron chi connectivity index (χ2n) is 4.97. The van der Waals surface area contributed by atoms with Crippen LogP contribution in [0.25, 0.3) is 22.5 Å². The van der Waals surface area contributed by atoms with Gasteiger partial charge in [0, 0.05) is 23.5 Å². The molecule has 0 aliphatic rings. The van der Waals surface area contributed by atoms with E-state index in [2.05, 4.69) is 16.5 Å². The van der Waals surface area contributed by atoms with Gasteiger partial charge >= 0.3 is 0 Å². The van der Waals surface area contributed by atoms with Crippen LogP contribution in [0.2, 0.25) is 0 Å². The van der Waals surface area contributed by atoms with Crippen LogP contribution in [-0.2, 0) is 0 Å². The van der Waals surface area contributed by atoms with E-state index in [0.717, 1.165) is 22.4 Å². The summed E-state index contributed by atoms with van der Waals surface area (Å²) in [6, 6.07) is 14.6. The minimum atomic E-state index is 0.241. The Labute approximate surface area is 134 Å². The summed E-state index contributed by atoms with van der Waals surface area (Å²) < 4.78 is 5.45. The quantitative estimate of drug-likeness (QED) is 0.722. The third-order valence-corrected chi connectivity index (χ3v) is 3.33. The van der Waals surface area contributed by atoms with Crippen molar-refractivity contribution < 1.29 is 9.84 Å². The summed E-state index contributed by atoms with van der Waals surface area (Å²) in [6.07, 6.45) is 5.26. The van der Waals surface area contributed by atoms with E-state index in [4.69, 9.17) is 4.74 Å². The van der Waals surface area contributed by atoms with Crippen molar-refractivity contribution >= 4 is 0 Å². The lowest BCUT2D eigenvalue weighted by Crippen LogP contribution is -1.93. The molecular weight excluding hydrogens is 288 g/mol. The molecule has 0 aliphatic carbocycles. The zero-order valence-corrected chi connectivity index (χ0v) is 12.5. The van der Waals surface area contributed by atoms with Crippen molar-refractivity contribution in [1.82, 2.24) is 9.97 Å². The van der Waals surface area contributed by atoms with E-state index in [-0.39, 0.29) is 5.75 Å². The molecule has 4 nitrogen and oxygen atoms in total. The second-order valence-corrected chi connectivity index (χ2v) is 4.97. The number of aromatic nitrogens is 2. The molecule has 0 atom stereocenters. The van der Waals surface area contributed by atoms with E-state index in [9.17, 15) is 5.11 Å². The van der Waals surface area contributed by atoms with Crippen molar-refractivity contribution in [2.45, 2.75) is 0 Å². The van der Waals surface area contributed by atoms with Crippen LogP contribution >= 0.6 is 0 Å². The van der Waals surface area contributed by atoms with E-state index in [0.29, 0.717) is 12.4 Å². The summed E-state index contributed by atoms with van der Waals surface area (Å²) in [5.41, 5.74) is 2.79. The molecule has 0 saturated heterocycles. The Morgan fingerprint density at radius 3 is 2.09 bits per heavy atom. The van der Waals surface area contributed by atoms with Gasteiger partial charge in [-0.1, -0.05) is 24.8 Å². The van der Waals surface area contributed by atoms with Gasteiger partial charge in [-0.3, -0.25) is 0 Å². The fraction of sp³-hybridized carbons (Fsp3) is 0.0526. The lowest BCUT2D eigenvalue weighted by Gasteiger charge is -2.05. The summed E-state index contributed by atoms with van der Waals surface area (Å²) in [5.74, 6) is 1.68. The van der Waals surface area contributed by atoms with Crippen LogP contribution < -0.4 is 4.74 Å². The summed E-state index contributed by atoms with van der Waals surface area (Å²) >= 11 is 0. The molecule has 0 radical (unpaired) electrons. The Kier molecular flexibility index (Phi) is 4.34. The van der Waals surface area contributed by atoms with Crippen LogP contribution in [-0.4, -0.2) is 21.7 Å². The SMILES string of the molecule is C=CCOc1ccc(-c2ncc(-c3ccc(O)cc3)cn2)cc1. The van der Waals surface area contributed by atoms with Crippen molar-refractivity contribution in [3.8, 4) is 34.0 Å². The maximum Gasteiger partial charge on any atom is 0.159 e. The van der Waals surface area contributed by atoms with Crippen molar-refractivity contribution in [2.75, 3.05) is 6.61 Å². The smallest absolute Gasteiger partial charge is 0.159 e. The Morgan fingerprint density at radius 2 is 1.48 bits per heavy atom. The first kappa shape index (κ1) is 14.8. The molecule has 1 heterocycles. The molecule has 1 aromatic heterocycles. The molecule has 114 valence electrons. The Hall–Kier alpha value is -3.14. The topological polar surface area (TPSA) is 55.2 Å². The summed E-state index contributed by atoms with van der Waals surface area (Å²) in [7, 11) is 0. The second kappa shape index (κ2) is 6.75. The predicted molar refractivity (Wildman–Crippen MR) is 90.3 cm³/mol. The zero-order chi connectivity index (χ0) is 16.1. The molecule has 0 amide bonds. The maximum absolute atomic E-state index is 9.33. The lowest BCUT2D eigenvalue weighted by molar-refractivity contribution is 0.363. The van der Waals surface area contributed by atoms with Gasteiger partial charge in [-0.05, 0) is 42.0 Å². The number of hydrogen-bond donors (Lipinski definition) is 1. The van der Waals surface area contributed by atoms with Crippen molar-refractivity contribution in [3.63, 3.8) is 0 Å². The fourth-order valence-electron chi connectivity index (χ4n) is 2.14. The van der Waals surface area contributed by atoms with Gasteiger partial charge in [-0.25, -0.2) is 9.97 Å². The van der Waals surface area contributed by atoms with E-state index in [1.54, 1.807) is 30.6 Å². The molecule has 0 aliphatic heterocycles. The normalized spacial score (nSPS) is 10.3. The van der Waals surface area contributed by atoms with Crippen LogP contribution in [0.15, 0.2) is 73.6 Å². The molecular formula is C19H16N2O2. The highest BCUT2D eigenvalue weighted by Crippen LogP contribution is 2.23. The molecule has 4 heteroatoms. The monoisotopic (exact) mass is 304 g/mol. The lowest BCUT2D eigenvalue weighted by atomic mass is 10.1. The largest absolute Gasteiger partial charge is 0.508 e. The van der Waals surface area contributed by atoms with Gasteiger partial charge in [-0.2, -0.15) is 0 Å². The molecule has 0 bridgehead atoms. The molecule has 0 fully saturated rings. The van der Waals surface area contributed by atoms with Crippen LogP contribution in [0.5, 0.6) is 11.5 Å². The van der Waals surface area contributed by atoms with Crippen LogP contribution in [0.1, 0.15) is 0 Å². The minimum Gasteiger partial charge on any atom is -0.508 e. The number of nitrogens with zero attached hydrogens (tertiary/aromatic N) is 2. The highest BCUT2D eigenvalue weighted by molar-refractivity contribution is 5.64. The Morgan fingerprint density at radius 1 is 0.870 bits per heavy atom. The number of phenolic OH excluding ortho intramolecular Hbond substituents is 1. The molecule has 0 saturated carbocycles. The van der Waals surface area contributed by atoms with Gasteiger partial charge in [0.15, 0.2) is 5.82 Å². The highest BCUT2D eigenvalue weighted by Gasteiger charge is 2.04. The first-order valence-electron chi connectivity index (χ1n) is 7.22. The molecule has 0 spiro atoms. The number of rotatable bonds is 5. The fourth-order valence-corrected chi connectivity index (χ4v) is 2.14. The van der Waals surface area contributed by atoms with Crippen LogP contribution in [0, 0.1) is 0 Å². The van der Waals surface area contributed by atoms with Gasteiger partial charge in [0.2, 0.25) is 0 Å². The van der Waals surface area contributed by atoms with E-state index in [1.165, 1.54) is 0 Å². The first-order valence-corrected chi connectivity index (χ1v) is 7.22. The Bertz CT molecular complexity index is 779. The zero-order valence-electron chi connectivity index (χ0n) is 12.5. The van der Waals surface area contributed by atoms with Crippen LogP contribution in [0.3, 0.4) is 0 Å². The molecule has 3 aromatic rings. The van der Waals surface area contributed by atoms with Gasteiger partial charge in [-0.15, -0.1) is 0 Å². The number of aromatic hydroxyl groups is 1. The van der Waals surface area contributed by atoms with Gasteiger partial charge in [0.05, 0.1) is 0 Å². The third-order valence-electron chi connectivity index (χ3n) is 3.33. The average Bonchev–Trinajstić information content (AvgIpc) is 2.61. The summed E-state index contributed by atoms with van der Waals surface area (Å²) in [6.45, 7) is 4.10. The van der Waals surface area contributed by atoms with Crippen molar-refractivity contribution in [1.29, 1.82) is 0 Å². The molecule has 2 aromatic carbocycles. The molecule has 23 heavy (non-hydrogen) atoms. The predicted octanol–water partition coefficient (Wildman–Crippen LogP) is 4.08. The van der Waals surface area contributed by atoms with Crippen LogP contribution in [0.4, 0.5) is 0 Å². The van der Waals surface area contributed by atoms with Gasteiger partial charge in [0.1, 0.15) is 18.1 Å². The summed E-state index contributed by atoms with van der Waals surface area (Å²) in [4.78, 5) is 8.82. The average molecular weight is 304 g/mol. The van der Waals surface area contributed by atoms with E-state index < -0.39 is 0 Å². The first-order chi connectivity index (χ1) is 11.3. The third kappa shape index (κ3) is 3.55. The van der Waals surface area contributed by atoms with E-state index in [1.807, 2.05) is 36.4 Å². The van der Waals surface area contributed by atoms with Gasteiger partial charge in [0.25, 0.3) is 0 Å². The number of phenols is 1. The highest BCUT2D eigenvalue weighted by atomic mass is 16.5. The number of benzene rings is 2.